The molecule has 0 aliphatic heterocycles. The summed E-state index contributed by atoms with van der Waals surface area (Å²) in [6.07, 6.45) is 1.83. The van der Waals surface area contributed by atoms with Crippen LogP contribution in [0.5, 0.6) is 0 Å². The van der Waals surface area contributed by atoms with Crippen LogP contribution in [0.2, 0.25) is 0 Å². The number of aryl methyl sites for hydroxylation is 6. The minimum atomic E-state index is -0.524. The third-order valence-electron chi connectivity index (χ3n) is 23.5. The van der Waals surface area contributed by atoms with Crippen LogP contribution in [-0.2, 0) is 6.42 Å². The Kier molecular flexibility index (Phi) is 23.8. The first-order valence-electron chi connectivity index (χ1n) is 42.8. The lowest BCUT2D eigenvalue weighted by atomic mass is 9.96. The molecule has 0 saturated carbocycles. The topological polar surface area (TPSA) is 251 Å². The van der Waals surface area contributed by atoms with Crippen molar-refractivity contribution >= 4 is 153 Å². The van der Waals surface area contributed by atoms with E-state index in [-0.39, 0.29) is 56.7 Å². The van der Waals surface area contributed by atoms with Crippen molar-refractivity contribution in [3.63, 3.8) is 0 Å². The molecule has 10 heterocycles. The average Bonchev–Trinajstić information content (AvgIpc) is 1.61. The quantitative estimate of drug-likeness (QED) is 0.0814. The van der Waals surface area contributed by atoms with Crippen molar-refractivity contribution in [3.8, 4) is 67.0 Å². The number of carbonyl (C=O) groups is 2. The van der Waals surface area contributed by atoms with E-state index in [0.29, 0.717) is 92.2 Å². The number of hydrogen-bond donors (Lipinski definition) is 0. The maximum Gasteiger partial charge on any atom is 0.350 e. The summed E-state index contributed by atoms with van der Waals surface area (Å²) in [6, 6.07) is 94.0. The van der Waals surface area contributed by atoms with Crippen LogP contribution in [0.1, 0.15) is 79.2 Å². The lowest BCUT2D eigenvalue weighted by Crippen LogP contribution is -2.02. The van der Waals surface area contributed by atoms with Gasteiger partial charge in [-0.05, 0) is 202 Å². The Morgan fingerprint density at radius 2 is 0.657 bits per heavy atom. The Bertz CT molecular complexity index is 8910. The van der Waals surface area contributed by atoms with Gasteiger partial charge < -0.3 is 44.2 Å². The molecule has 0 radical (unpaired) electrons. The molecule has 23 aromatic rings. The van der Waals surface area contributed by atoms with Crippen molar-refractivity contribution in [1.29, 1.82) is 0 Å². The maximum atomic E-state index is 14.8. The molecule has 0 spiro atoms. The average molecular weight is 1900 g/mol. The van der Waals surface area contributed by atoms with Gasteiger partial charge in [-0.1, -0.05) is 219 Å². The molecule has 0 fully saturated rings. The van der Waals surface area contributed by atoms with Gasteiger partial charge in [0.15, 0.2) is 21.8 Å². The number of halogens is 4. The molecule has 0 N–H and O–H groups in total. The zero-order valence-electron chi connectivity index (χ0n) is 72.4. The second-order valence-electron chi connectivity index (χ2n) is 32.1. The minimum Gasteiger partial charge on any atom is -0.460 e. The Hall–Kier alpha value is -16.2. The summed E-state index contributed by atoms with van der Waals surface area (Å²) >= 11 is 6.78. The molecule has 134 heavy (non-hydrogen) atoms. The highest BCUT2D eigenvalue weighted by Crippen LogP contribution is 2.49. The van der Waals surface area contributed by atoms with Crippen molar-refractivity contribution in [2.75, 3.05) is 0 Å². The van der Waals surface area contributed by atoms with Gasteiger partial charge >= 0.3 is 28.1 Å². The fraction of sp³-hybridized carbons (Fsp3) is 0.0708. The highest BCUT2D eigenvalue weighted by atomic mass is 79.9. The van der Waals surface area contributed by atoms with Gasteiger partial charge in [-0.2, -0.15) is 0 Å². The van der Waals surface area contributed by atoms with Gasteiger partial charge in [-0.3, -0.25) is 9.59 Å². The molecule has 0 saturated heterocycles. The summed E-state index contributed by atoms with van der Waals surface area (Å²) in [5, 5.41) is 7.56. The standard InChI is InChI=1S/2C25H15FO4.C24H16O3.C21H18O3.C18H10Br2O3/c1-14-13-20(27)30-24-16(14)11-12-19-22(24)21(17-9-5-6-10-18(17)26)25(29-19)23(28)15-7-3-2-4-8-15;1-14-12-20(27)30-24-18(14)10-11-19-22(24)21(16-8-5-9-17(26)13-16)25(29-19)23(28)15-6-3-2-4-7-15;1-15-14-20(25)27-24-18(15)12-13-19-22(24)21(16-8-4-2-5-9-16)23(26-19)17-10-6-3-7-11-17;1-3-7-16-19(14-8-5-4-6-9-14)20-17(23-16)11-10-15-13(2)12-18(22)24-21(15)20;1-9-11-7-8-12-14(16(11)23-18(21)15(9)19)13(17(20)22-12)10-5-3-2-4-6-10/h2*2-13H,1H3;2-14H,1H3;4-6,8-12H,3,7H2,1-2H3;2-8H,1H3. The second kappa shape index (κ2) is 36.6. The molecule has 0 aliphatic rings. The van der Waals surface area contributed by atoms with Crippen LogP contribution >= 0.6 is 31.9 Å². The lowest BCUT2D eigenvalue weighted by molar-refractivity contribution is 0.100. The summed E-state index contributed by atoms with van der Waals surface area (Å²) in [4.78, 5) is 86.8. The predicted octanol–water partition coefficient (Wildman–Crippen LogP) is 29.5. The normalized spacial score (nSPS) is 11.3. The van der Waals surface area contributed by atoms with Gasteiger partial charge in [0.2, 0.25) is 11.6 Å². The van der Waals surface area contributed by atoms with Gasteiger partial charge in [0.05, 0.1) is 26.9 Å². The number of ketones is 2. The number of fused-ring (bicyclic) bond motifs is 15. The molecule has 656 valence electrons. The minimum absolute atomic E-state index is 0.00189. The van der Waals surface area contributed by atoms with Crippen LogP contribution in [0, 0.1) is 46.3 Å². The molecule has 0 atom stereocenters. The molecule has 13 aromatic carbocycles. The van der Waals surface area contributed by atoms with E-state index in [0.717, 1.165) is 134 Å². The van der Waals surface area contributed by atoms with E-state index < -0.39 is 22.9 Å². The number of furan rings is 5. The van der Waals surface area contributed by atoms with Crippen LogP contribution in [0.4, 0.5) is 8.78 Å². The van der Waals surface area contributed by atoms with E-state index in [4.69, 9.17) is 44.2 Å². The van der Waals surface area contributed by atoms with E-state index >= 15 is 0 Å². The Labute approximate surface area is 776 Å². The zero-order valence-corrected chi connectivity index (χ0v) is 75.6. The van der Waals surface area contributed by atoms with Crippen LogP contribution < -0.4 is 28.1 Å². The Morgan fingerprint density at radius 1 is 0.306 bits per heavy atom. The molecule has 0 unspecified atom stereocenters. The SMILES string of the molecule is CCCc1oc2ccc3c(C)cc(=O)oc3c2c1-c1ccccc1.Cc1c(Br)c(=O)oc2c1ccc1oc(Br)c(-c3ccccc3)c12.Cc1cc(=O)oc2c1ccc1oc(-c3ccccc3)c(-c3ccccc3)c12.Cc1cc(=O)oc2c1ccc1oc(C(=O)c3ccccc3)c(-c3cccc(F)c3)c12.Cc1cc(=O)oc2c1ccc1oc(C(=O)c3ccccc3)c(-c3ccccc3F)c12. The predicted molar refractivity (Wildman–Crippen MR) is 527 cm³/mol. The zero-order chi connectivity index (χ0) is 92.9. The van der Waals surface area contributed by atoms with Gasteiger partial charge in [0.1, 0.15) is 77.9 Å². The van der Waals surface area contributed by atoms with Crippen molar-refractivity contribution in [1.82, 2.24) is 0 Å². The Morgan fingerprint density at radius 3 is 1.11 bits per heavy atom. The summed E-state index contributed by atoms with van der Waals surface area (Å²) in [5.74, 6) is 0.106. The summed E-state index contributed by atoms with van der Waals surface area (Å²) in [5.41, 5.74) is 16.3. The first-order chi connectivity index (χ1) is 65.0. The molecule has 17 nitrogen and oxygen atoms in total. The van der Waals surface area contributed by atoms with E-state index in [9.17, 15) is 42.3 Å². The molecular weight excluding hydrogens is 1830 g/mol. The van der Waals surface area contributed by atoms with Gasteiger partial charge in [-0.25, -0.2) is 32.8 Å². The van der Waals surface area contributed by atoms with Crippen LogP contribution in [-0.4, -0.2) is 11.6 Å². The number of hydrogen-bond acceptors (Lipinski definition) is 17. The number of rotatable bonds is 12. The molecular formula is C113H74Br2F2O17. The largest absolute Gasteiger partial charge is 0.460 e. The molecule has 10 aromatic heterocycles. The summed E-state index contributed by atoms with van der Waals surface area (Å²) in [6.45, 7) is 11.5. The fourth-order valence-electron chi connectivity index (χ4n) is 17.3. The first-order valence-corrected chi connectivity index (χ1v) is 44.4. The van der Waals surface area contributed by atoms with Crippen molar-refractivity contribution in [2.24, 2.45) is 0 Å². The van der Waals surface area contributed by atoms with Gasteiger partial charge in [-0.15, -0.1) is 0 Å². The monoisotopic (exact) mass is 1900 g/mol. The number of carbonyl (C=O) groups excluding carboxylic acids is 2. The second-order valence-corrected chi connectivity index (χ2v) is 33.6. The van der Waals surface area contributed by atoms with Gasteiger partial charge in [0, 0.05) is 108 Å². The van der Waals surface area contributed by atoms with Crippen LogP contribution in [0.15, 0.2) is 393 Å². The highest BCUT2D eigenvalue weighted by molar-refractivity contribution is 9.10. The van der Waals surface area contributed by atoms with Crippen molar-refractivity contribution in [2.45, 2.75) is 54.4 Å². The van der Waals surface area contributed by atoms with E-state index in [1.807, 2.05) is 179 Å². The third kappa shape index (κ3) is 16.4. The molecule has 0 aliphatic carbocycles. The molecule has 23 rings (SSSR count). The molecule has 21 heteroatoms. The van der Waals surface area contributed by atoms with E-state index in [1.54, 1.807) is 116 Å². The molecule has 0 amide bonds. The van der Waals surface area contributed by atoms with Gasteiger partial charge in [0.25, 0.3) is 0 Å². The summed E-state index contributed by atoms with van der Waals surface area (Å²) in [7, 11) is 0. The van der Waals surface area contributed by atoms with Crippen LogP contribution in [0.3, 0.4) is 0 Å². The van der Waals surface area contributed by atoms with Crippen LogP contribution in [0.25, 0.3) is 177 Å². The third-order valence-corrected chi connectivity index (χ3v) is 24.9. The van der Waals surface area contributed by atoms with E-state index in [1.165, 1.54) is 42.5 Å². The lowest BCUT2D eigenvalue weighted by Gasteiger charge is -2.06. The van der Waals surface area contributed by atoms with E-state index in [2.05, 4.69) is 50.9 Å². The first kappa shape index (κ1) is 87.1. The summed E-state index contributed by atoms with van der Waals surface area (Å²) < 4.78 is 87.9. The fourth-order valence-corrected chi connectivity index (χ4v) is 18.2. The van der Waals surface area contributed by atoms with Crippen molar-refractivity contribution in [3.05, 3.63) is 445 Å². The highest BCUT2D eigenvalue weighted by Gasteiger charge is 2.31. The van der Waals surface area contributed by atoms with Crippen molar-refractivity contribution < 1.29 is 62.5 Å². The number of benzene rings is 13. The maximum absolute atomic E-state index is 14.8. The molecule has 0 bridgehead atoms. The smallest absolute Gasteiger partial charge is 0.350 e. The Balaban J connectivity index is 0.000000108.